The molecule has 0 spiro atoms. The second-order valence-electron chi connectivity index (χ2n) is 2.20. The molecule has 1 saturated heterocycles. The van der Waals surface area contributed by atoms with E-state index in [1.54, 1.807) is 5.01 Å². The third-order valence-corrected chi connectivity index (χ3v) is 1.52. The van der Waals surface area contributed by atoms with Crippen molar-refractivity contribution in [1.82, 2.24) is 10.4 Å². The van der Waals surface area contributed by atoms with Crippen molar-refractivity contribution in [1.29, 1.82) is 0 Å². The SMILES string of the molecule is NC1NN(CCO)[C@H]1C=O. The Kier molecular flexibility index (Phi) is 2.34. The van der Waals surface area contributed by atoms with Gasteiger partial charge in [0, 0.05) is 6.54 Å². The standard InChI is InChI=1S/C5H11N3O2/c6-5-4(3-10)8(7-5)1-2-9/h3-5,7,9H,1-2,6H2/t4-,5?/m0/s1. The van der Waals surface area contributed by atoms with E-state index in [9.17, 15) is 4.79 Å². The van der Waals surface area contributed by atoms with Crippen LogP contribution in [0.1, 0.15) is 0 Å². The number of rotatable bonds is 3. The van der Waals surface area contributed by atoms with E-state index in [1.807, 2.05) is 0 Å². The Bertz CT molecular complexity index is 128. The van der Waals surface area contributed by atoms with Crippen LogP contribution in [0.15, 0.2) is 0 Å². The Morgan fingerprint density at radius 3 is 2.90 bits per heavy atom. The minimum Gasteiger partial charge on any atom is -0.395 e. The maximum Gasteiger partial charge on any atom is 0.141 e. The summed E-state index contributed by atoms with van der Waals surface area (Å²) in [5.41, 5.74) is 8.15. The summed E-state index contributed by atoms with van der Waals surface area (Å²) < 4.78 is 0. The van der Waals surface area contributed by atoms with Gasteiger partial charge in [-0.15, -0.1) is 0 Å². The Morgan fingerprint density at radius 1 is 1.80 bits per heavy atom. The van der Waals surface area contributed by atoms with Gasteiger partial charge in [0.05, 0.1) is 12.8 Å². The predicted octanol–water partition coefficient (Wildman–Crippen LogP) is -2.35. The number of aliphatic hydroxyl groups excluding tert-OH is 1. The lowest BCUT2D eigenvalue weighted by Crippen LogP contribution is -2.74. The second kappa shape index (κ2) is 3.07. The van der Waals surface area contributed by atoms with Crippen LogP contribution in [-0.4, -0.2) is 41.8 Å². The molecule has 2 atom stereocenters. The molecule has 0 saturated carbocycles. The first kappa shape index (κ1) is 7.62. The van der Waals surface area contributed by atoms with Gasteiger partial charge in [-0.2, -0.15) is 0 Å². The van der Waals surface area contributed by atoms with E-state index in [0.717, 1.165) is 6.29 Å². The molecule has 0 aromatic carbocycles. The molecule has 0 aliphatic carbocycles. The zero-order valence-electron chi connectivity index (χ0n) is 5.53. The van der Waals surface area contributed by atoms with Crippen molar-refractivity contribution in [2.75, 3.05) is 13.2 Å². The number of carbonyl (C=O) groups is 1. The number of β-amino-alcohol motifs (C(OH)–C–C–N with tert-alkyl or cyclic N) is 1. The topological polar surface area (TPSA) is 78.6 Å². The molecule has 1 unspecified atom stereocenters. The average molecular weight is 145 g/mol. The Balaban J connectivity index is 2.30. The van der Waals surface area contributed by atoms with E-state index in [4.69, 9.17) is 10.8 Å². The van der Waals surface area contributed by atoms with Crippen molar-refractivity contribution in [2.45, 2.75) is 12.2 Å². The Hall–Kier alpha value is -0.490. The molecule has 1 aliphatic rings. The van der Waals surface area contributed by atoms with Gasteiger partial charge < -0.3 is 15.6 Å². The Labute approximate surface area is 58.8 Å². The number of nitrogens with two attached hydrogens (primary N) is 1. The van der Waals surface area contributed by atoms with Crippen molar-refractivity contribution in [3.05, 3.63) is 0 Å². The van der Waals surface area contributed by atoms with E-state index >= 15 is 0 Å². The summed E-state index contributed by atoms with van der Waals surface area (Å²) in [7, 11) is 0. The minimum atomic E-state index is -0.274. The molecule has 1 heterocycles. The van der Waals surface area contributed by atoms with Gasteiger partial charge in [0.1, 0.15) is 12.3 Å². The highest BCUT2D eigenvalue weighted by molar-refractivity contribution is 5.60. The lowest BCUT2D eigenvalue weighted by atomic mass is 10.2. The molecule has 1 aliphatic heterocycles. The number of hydrogen-bond acceptors (Lipinski definition) is 5. The van der Waals surface area contributed by atoms with Gasteiger partial charge in [-0.05, 0) is 0 Å². The van der Waals surface area contributed by atoms with Crippen LogP contribution in [0, 0.1) is 0 Å². The molecule has 0 radical (unpaired) electrons. The number of hydrogen-bond donors (Lipinski definition) is 3. The zero-order chi connectivity index (χ0) is 7.56. The molecular weight excluding hydrogens is 134 g/mol. The molecule has 5 nitrogen and oxygen atoms in total. The van der Waals surface area contributed by atoms with Crippen LogP contribution in [-0.2, 0) is 4.79 Å². The molecule has 1 fully saturated rings. The van der Waals surface area contributed by atoms with Gasteiger partial charge >= 0.3 is 0 Å². The van der Waals surface area contributed by atoms with E-state index in [2.05, 4.69) is 5.43 Å². The van der Waals surface area contributed by atoms with E-state index in [-0.39, 0.29) is 18.8 Å². The molecule has 0 aromatic heterocycles. The summed E-state index contributed by atoms with van der Waals surface area (Å²) in [5, 5.41) is 10.1. The van der Waals surface area contributed by atoms with Gasteiger partial charge in [-0.1, -0.05) is 0 Å². The van der Waals surface area contributed by atoms with E-state index in [0.29, 0.717) is 6.54 Å². The van der Waals surface area contributed by atoms with Crippen LogP contribution in [0.25, 0.3) is 0 Å². The maximum atomic E-state index is 10.2. The predicted molar refractivity (Wildman–Crippen MR) is 34.8 cm³/mol. The van der Waals surface area contributed by atoms with E-state index < -0.39 is 0 Å². The largest absolute Gasteiger partial charge is 0.395 e. The van der Waals surface area contributed by atoms with Gasteiger partial charge in [0.2, 0.25) is 0 Å². The normalized spacial score (nSPS) is 33.4. The summed E-state index contributed by atoms with van der Waals surface area (Å²) in [4.78, 5) is 10.2. The summed E-state index contributed by atoms with van der Waals surface area (Å²) in [6, 6.07) is -0.271. The number of nitrogens with one attached hydrogen (secondary N) is 1. The number of aldehydes is 1. The third-order valence-electron chi connectivity index (χ3n) is 1.52. The smallest absolute Gasteiger partial charge is 0.141 e. The van der Waals surface area contributed by atoms with Crippen molar-refractivity contribution < 1.29 is 9.90 Å². The minimum absolute atomic E-state index is 0.0318. The molecule has 0 amide bonds. The Morgan fingerprint density at radius 2 is 2.50 bits per heavy atom. The van der Waals surface area contributed by atoms with E-state index in [1.165, 1.54) is 0 Å². The van der Waals surface area contributed by atoms with Crippen LogP contribution >= 0.6 is 0 Å². The summed E-state index contributed by atoms with van der Waals surface area (Å²) >= 11 is 0. The van der Waals surface area contributed by atoms with Crippen molar-refractivity contribution >= 4 is 6.29 Å². The fraction of sp³-hybridized carbons (Fsp3) is 0.800. The number of aliphatic hydroxyl groups is 1. The molecule has 10 heavy (non-hydrogen) atoms. The van der Waals surface area contributed by atoms with Gasteiger partial charge in [-0.25, -0.2) is 10.4 Å². The molecule has 5 heteroatoms. The zero-order valence-corrected chi connectivity index (χ0v) is 5.53. The van der Waals surface area contributed by atoms with Gasteiger partial charge in [0.15, 0.2) is 0 Å². The monoisotopic (exact) mass is 145 g/mol. The first-order chi connectivity index (χ1) is 4.79. The lowest BCUT2D eigenvalue weighted by molar-refractivity contribution is -0.125. The van der Waals surface area contributed by atoms with Crippen molar-refractivity contribution in [3.8, 4) is 0 Å². The van der Waals surface area contributed by atoms with Gasteiger partial charge in [0.25, 0.3) is 0 Å². The molecular formula is C5H11N3O2. The molecule has 58 valence electrons. The van der Waals surface area contributed by atoms with Gasteiger partial charge in [-0.3, -0.25) is 0 Å². The van der Waals surface area contributed by atoms with Crippen LogP contribution in [0.4, 0.5) is 0 Å². The summed E-state index contributed by atoms with van der Waals surface area (Å²) in [5.74, 6) is 0. The summed E-state index contributed by atoms with van der Waals surface area (Å²) in [6.45, 7) is 0.473. The molecule has 1 rings (SSSR count). The van der Waals surface area contributed by atoms with Crippen LogP contribution in [0.5, 0.6) is 0 Å². The summed E-state index contributed by atoms with van der Waals surface area (Å²) in [6.07, 6.45) is 0.501. The quantitative estimate of drug-likeness (QED) is 0.388. The fourth-order valence-electron chi connectivity index (χ4n) is 0.945. The third kappa shape index (κ3) is 1.17. The molecule has 0 aromatic rings. The highest BCUT2D eigenvalue weighted by Crippen LogP contribution is 2.05. The lowest BCUT2D eigenvalue weighted by Gasteiger charge is -2.43. The first-order valence-electron chi connectivity index (χ1n) is 3.14. The fourth-order valence-corrected chi connectivity index (χ4v) is 0.945. The number of carbonyl (C=O) groups excluding carboxylic acids is 1. The second-order valence-corrected chi connectivity index (χ2v) is 2.20. The van der Waals surface area contributed by atoms with Crippen LogP contribution in [0.3, 0.4) is 0 Å². The maximum absolute atomic E-state index is 10.2. The highest BCUT2D eigenvalue weighted by atomic mass is 16.3. The average Bonchev–Trinajstić information content (AvgIpc) is 1.88. The highest BCUT2D eigenvalue weighted by Gasteiger charge is 2.34. The number of nitrogens with zero attached hydrogens (tertiary/aromatic N) is 1. The van der Waals surface area contributed by atoms with Crippen LogP contribution in [0.2, 0.25) is 0 Å². The van der Waals surface area contributed by atoms with Crippen molar-refractivity contribution in [3.63, 3.8) is 0 Å². The molecule has 0 bridgehead atoms. The van der Waals surface area contributed by atoms with Crippen LogP contribution < -0.4 is 11.2 Å². The van der Waals surface area contributed by atoms with Crippen molar-refractivity contribution in [2.24, 2.45) is 5.73 Å². The number of hydrazine groups is 1. The molecule has 4 N–H and O–H groups in total. The first-order valence-corrected chi connectivity index (χ1v) is 3.14.